The number of anilines is 2. The summed E-state index contributed by atoms with van der Waals surface area (Å²) in [6.07, 6.45) is 3.51. The number of fused-ring (bicyclic) bond motifs is 3. The van der Waals surface area contributed by atoms with Gasteiger partial charge in [-0.1, -0.05) is 30.4 Å². The molecular formula is C24H21N3OS3. The largest absolute Gasteiger partial charge is 0.497 e. The summed E-state index contributed by atoms with van der Waals surface area (Å²) in [5.74, 6) is 1.59. The molecule has 1 N–H and O–H groups in total. The Bertz CT molecular complexity index is 1380. The molecular weight excluding hydrogens is 442 g/mol. The number of rotatable bonds is 4. The quantitative estimate of drug-likeness (QED) is 0.299. The van der Waals surface area contributed by atoms with Gasteiger partial charge < -0.3 is 10.1 Å². The lowest BCUT2D eigenvalue weighted by Gasteiger charge is -2.18. The second kappa shape index (κ2) is 7.58. The van der Waals surface area contributed by atoms with Crippen LogP contribution in [0.5, 0.6) is 5.75 Å². The van der Waals surface area contributed by atoms with Crippen LogP contribution in [0.25, 0.3) is 31.0 Å². The van der Waals surface area contributed by atoms with Gasteiger partial charge in [0.2, 0.25) is 0 Å². The number of aromatic nitrogens is 2. The zero-order valence-electron chi connectivity index (χ0n) is 17.3. The molecule has 2 aromatic carbocycles. The molecule has 0 spiro atoms. The number of nitrogens with zero attached hydrogens (tertiary/aromatic N) is 2. The number of hydrogen-bond acceptors (Lipinski definition) is 7. The summed E-state index contributed by atoms with van der Waals surface area (Å²) in [4.78, 5) is 11.3. The molecule has 156 valence electrons. The minimum Gasteiger partial charge on any atom is -0.497 e. The Balaban J connectivity index is 1.46. The van der Waals surface area contributed by atoms with Crippen LogP contribution < -0.4 is 10.1 Å². The number of hydrogen-bond donors (Lipinski definition) is 1. The Morgan fingerprint density at radius 2 is 1.87 bits per heavy atom. The van der Waals surface area contributed by atoms with E-state index in [1.807, 2.05) is 29.5 Å². The maximum Gasteiger partial charge on any atom is 0.188 e. The highest BCUT2D eigenvalue weighted by Gasteiger charge is 2.27. The maximum atomic E-state index is 5.37. The van der Waals surface area contributed by atoms with E-state index < -0.39 is 0 Å². The van der Waals surface area contributed by atoms with Crippen molar-refractivity contribution in [3.63, 3.8) is 0 Å². The molecule has 1 aliphatic carbocycles. The van der Waals surface area contributed by atoms with E-state index in [4.69, 9.17) is 14.7 Å². The smallest absolute Gasteiger partial charge is 0.188 e. The van der Waals surface area contributed by atoms with Crippen LogP contribution in [-0.2, 0) is 12.8 Å². The summed E-state index contributed by atoms with van der Waals surface area (Å²) in [5.41, 5.74) is 4.83. The van der Waals surface area contributed by atoms with Crippen LogP contribution >= 0.6 is 34.0 Å². The van der Waals surface area contributed by atoms with Gasteiger partial charge in [0.15, 0.2) is 5.13 Å². The third-order valence-electron chi connectivity index (χ3n) is 5.84. The van der Waals surface area contributed by atoms with Crippen molar-refractivity contribution in [3.8, 4) is 16.3 Å². The first-order valence-corrected chi connectivity index (χ1v) is 12.8. The van der Waals surface area contributed by atoms with Crippen molar-refractivity contribution in [2.24, 2.45) is 5.92 Å². The Hall–Kier alpha value is -2.48. The SMILES string of the molecule is COc1ccc2nc(Nc3sc4c(c3-c3nc5ccccc5s3)CC[C@H](C)C4)sc2c1. The molecule has 0 fully saturated rings. The number of para-hydroxylation sites is 1. The second-order valence-corrected chi connectivity index (χ2v) is 11.2. The first-order valence-electron chi connectivity index (χ1n) is 10.4. The van der Waals surface area contributed by atoms with Gasteiger partial charge in [0, 0.05) is 10.4 Å². The monoisotopic (exact) mass is 463 g/mol. The molecule has 0 radical (unpaired) electrons. The molecule has 5 aromatic rings. The highest BCUT2D eigenvalue weighted by Crippen LogP contribution is 2.48. The van der Waals surface area contributed by atoms with Crippen LogP contribution in [0.3, 0.4) is 0 Å². The van der Waals surface area contributed by atoms with E-state index in [1.54, 1.807) is 29.8 Å². The van der Waals surface area contributed by atoms with E-state index >= 15 is 0 Å². The molecule has 0 bridgehead atoms. The molecule has 7 heteroatoms. The fourth-order valence-corrected chi connectivity index (χ4v) is 7.71. The van der Waals surface area contributed by atoms with Gasteiger partial charge in [-0.3, -0.25) is 0 Å². The van der Waals surface area contributed by atoms with Crippen LogP contribution in [-0.4, -0.2) is 17.1 Å². The first-order chi connectivity index (χ1) is 15.2. The standard InChI is InChI=1S/C24H21N3OS3/c1-13-7-9-15-19(11-13)30-23(21(15)22-25-16-5-3-4-6-18(16)29-22)27-24-26-17-10-8-14(28-2)12-20(17)31-24/h3-6,8,10,12-13H,7,9,11H2,1-2H3,(H,26,27)/t13-/m0/s1. The fraction of sp³-hybridized carbons (Fsp3) is 0.250. The van der Waals surface area contributed by atoms with Gasteiger partial charge in [0.05, 0.1) is 27.5 Å². The van der Waals surface area contributed by atoms with Crippen LogP contribution in [0.2, 0.25) is 0 Å². The summed E-state index contributed by atoms with van der Waals surface area (Å²) in [7, 11) is 1.70. The number of thiazole rings is 2. The molecule has 3 heterocycles. The van der Waals surface area contributed by atoms with Gasteiger partial charge in [-0.05, 0) is 61.1 Å². The van der Waals surface area contributed by atoms with Gasteiger partial charge in [-0.2, -0.15) is 0 Å². The molecule has 31 heavy (non-hydrogen) atoms. The van der Waals surface area contributed by atoms with Crippen LogP contribution in [0.1, 0.15) is 23.8 Å². The number of benzene rings is 2. The molecule has 1 aliphatic rings. The Morgan fingerprint density at radius 3 is 2.74 bits per heavy atom. The molecule has 0 unspecified atom stereocenters. The molecule has 4 nitrogen and oxygen atoms in total. The van der Waals surface area contributed by atoms with E-state index in [-0.39, 0.29) is 0 Å². The van der Waals surface area contributed by atoms with Gasteiger partial charge in [0.1, 0.15) is 15.8 Å². The zero-order valence-corrected chi connectivity index (χ0v) is 19.7. The van der Waals surface area contributed by atoms with E-state index in [2.05, 4.69) is 36.5 Å². The Kier molecular flexibility index (Phi) is 4.70. The summed E-state index contributed by atoms with van der Waals surface area (Å²) in [6, 6.07) is 14.4. The van der Waals surface area contributed by atoms with Crippen molar-refractivity contribution in [1.29, 1.82) is 0 Å². The molecule has 0 saturated carbocycles. The lowest BCUT2D eigenvalue weighted by atomic mass is 9.88. The fourth-order valence-electron chi connectivity index (χ4n) is 4.23. The van der Waals surface area contributed by atoms with E-state index in [0.29, 0.717) is 0 Å². The number of thiophene rings is 1. The number of ether oxygens (including phenoxy) is 1. The molecule has 0 saturated heterocycles. The van der Waals surface area contributed by atoms with E-state index in [0.717, 1.165) is 50.4 Å². The van der Waals surface area contributed by atoms with E-state index in [1.165, 1.54) is 32.1 Å². The molecule has 6 rings (SSSR count). The zero-order chi connectivity index (χ0) is 20.9. The summed E-state index contributed by atoms with van der Waals surface area (Å²) in [6.45, 7) is 2.36. The van der Waals surface area contributed by atoms with Gasteiger partial charge in [0.25, 0.3) is 0 Å². The number of methoxy groups -OCH3 is 1. The van der Waals surface area contributed by atoms with Crippen LogP contribution in [0.15, 0.2) is 42.5 Å². The van der Waals surface area contributed by atoms with Crippen LogP contribution in [0, 0.1) is 5.92 Å². The average molecular weight is 464 g/mol. The van der Waals surface area contributed by atoms with E-state index in [9.17, 15) is 0 Å². The normalized spacial score (nSPS) is 16.0. The second-order valence-electron chi connectivity index (χ2n) is 8.02. The first kappa shape index (κ1) is 19.2. The summed E-state index contributed by atoms with van der Waals surface area (Å²) in [5, 5.41) is 6.86. The molecule has 0 amide bonds. The van der Waals surface area contributed by atoms with Gasteiger partial charge in [-0.25, -0.2) is 9.97 Å². The predicted molar refractivity (Wildman–Crippen MR) is 134 cm³/mol. The van der Waals surface area contributed by atoms with Crippen molar-refractivity contribution in [2.45, 2.75) is 26.2 Å². The molecule has 1 atom stereocenters. The topological polar surface area (TPSA) is 47.0 Å². The highest BCUT2D eigenvalue weighted by atomic mass is 32.1. The lowest BCUT2D eigenvalue weighted by molar-refractivity contribution is 0.415. The summed E-state index contributed by atoms with van der Waals surface area (Å²) >= 11 is 5.33. The molecule has 3 aromatic heterocycles. The third kappa shape index (κ3) is 3.41. The number of nitrogens with one attached hydrogen (secondary N) is 1. The van der Waals surface area contributed by atoms with Crippen molar-refractivity contribution in [2.75, 3.05) is 12.4 Å². The predicted octanol–water partition coefficient (Wildman–Crippen LogP) is 7.51. The maximum absolute atomic E-state index is 5.37. The van der Waals surface area contributed by atoms with Crippen molar-refractivity contribution >= 4 is 64.6 Å². The Morgan fingerprint density at radius 1 is 1.00 bits per heavy atom. The van der Waals surface area contributed by atoms with Crippen LogP contribution in [0.4, 0.5) is 10.1 Å². The van der Waals surface area contributed by atoms with Gasteiger partial charge >= 0.3 is 0 Å². The van der Waals surface area contributed by atoms with Crippen molar-refractivity contribution in [3.05, 3.63) is 52.9 Å². The van der Waals surface area contributed by atoms with Crippen molar-refractivity contribution in [1.82, 2.24) is 9.97 Å². The van der Waals surface area contributed by atoms with Crippen molar-refractivity contribution < 1.29 is 4.74 Å². The lowest BCUT2D eigenvalue weighted by Crippen LogP contribution is -2.09. The Labute approximate surface area is 192 Å². The van der Waals surface area contributed by atoms with Gasteiger partial charge in [-0.15, -0.1) is 22.7 Å². The third-order valence-corrected chi connectivity index (χ3v) is 8.99. The minimum atomic E-state index is 0.733. The average Bonchev–Trinajstić information content (AvgIpc) is 3.46. The molecule has 0 aliphatic heterocycles. The summed E-state index contributed by atoms with van der Waals surface area (Å²) < 4.78 is 7.73. The highest BCUT2D eigenvalue weighted by molar-refractivity contribution is 7.24. The minimum absolute atomic E-state index is 0.733.